The first kappa shape index (κ1) is 13.2. The van der Waals surface area contributed by atoms with Gasteiger partial charge in [0.05, 0.1) is 0 Å². The minimum absolute atomic E-state index is 0.0187. The fraction of sp³-hybridized carbons (Fsp3) is 0.727. The number of alkyl halides is 1. The maximum absolute atomic E-state index is 12.0. The lowest BCUT2D eigenvalue weighted by molar-refractivity contribution is -0.125. The Kier molecular flexibility index (Phi) is 5.46. The first-order valence-corrected chi connectivity index (χ1v) is 6.14. The predicted molar refractivity (Wildman–Crippen MR) is 63.5 cm³/mol. The highest BCUT2D eigenvalue weighted by Gasteiger charge is 2.22. The van der Waals surface area contributed by atoms with Crippen LogP contribution in [0.15, 0.2) is 12.7 Å². The van der Waals surface area contributed by atoms with E-state index in [1.54, 1.807) is 11.0 Å². The third-order valence-corrected chi connectivity index (χ3v) is 2.78. The Labute approximate surface area is 101 Å². The van der Waals surface area contributed by atoms with Crippen molar-refractivity contribution in [3.05, 3.63) is 12.7 Å². The Balaban J connectivity index is 2.66. The summed E-state index contributed by atoms with van der Waals surface area (Å²) in [6.07, 6.45) is 5.71. The van der Waals surface area contributed by atoms with Crippen LogP contribution in [-0.4, -0.2) is 26.4 Å². The van der Waals surface area contributed by atoms with E-state index in [0.29, 0.717) is 5.88 Å². The monoisotopic (exact) mass is 243 g/mol. The Bertz CT molecular complexity index is 311. The van der Waals surface area contributed by atoms with E-state index in [1.165, 1.54) is 6.33 Å². The summed E-state index contributed by atoms with van der Waals surface area (Å²) in [5.74, 6) is 0.866. The highest BCUT2D eigenvalue weighted by molar-refractivity contribution is 6.17. The van der Waals surface area contributed by atoms with Gasteiger partial charge in [0.1, 0.15) is 18.7 Å². The summed E-state index contributed by atoms with van der Waals surface area (Å²) >= 11 is 5.63. The highest BCUT2D eigenvalue weighted by atomic mass is 35.5. The number of unbranched alkanes of at least 4 members (excludes halogenated alkanes) is 1. The summed E-state index contributed by atoms with van der Waals surface area (Å²) in [7, 11) is 0. The van der Waals surface area contributed by atoms with Gasteiger partial charge in [0.2, 0.25) is 0 Å². The van der Waals surface area contributed by atoms with E-state index in [4.69, 9.17) is 11.6 Å². The number of hydrogen-bond donors (Lipinski definition) is 0. The van der Waals surface area contributed by atoms with Crippen molar-refractivity contribution in [3.63, 3.8) is 0 Å². The van der Waals surface area contributed by atoms with Crippen molar-refractivity contribution in [2.45, 2.75) is 39.2 Å². The van der Waals surface area contributed by atoms with Gasteiger partial charge in [-0.25, -0.2) is 9.67 Å². The van der Waals surface area contributed by atoms with Crippen LogP contribution < -0.4 is 0 Å². The molecule has 1 aromatic heterocycles. The molecule has 0 N–H and O–H groups in total. The number of nitrogens with zero attached hydrogens (tertiary/aromatic N) is 3. The third-order valence-electron chi connectivity index (χ3n) is 2.51. The number of carbonyl (C=O) groups is 1. The lowest BCUT2D eigenvalue weighted by Crippen LogP contribution is -2.24. The Morgan fingerprint density at radius 3 is 2.69 bits per heavy atom. The van der Waals surface area contributed by atoms with Crippen molar-refractivity contribution < 1.29 is 4.79 Å². The van der Waals surface area contributed by atoms with E-state index in [2.05, 4.69) is 10.1 Å². The molecule has 1 rings (SSSR count). The number of carbonyl (C=O) groups excluding carboxylic acids is 1. The van der Waals surface area contributed by atoms with E-state index in [1.807, 2.05) is 13.8 Å². The summed E-state index contributed by atoms with van der Waals surface area (Å²) in [5.41, 5.74) is 0. The summed E-state index contributed by atoms with van der Waals surface area (Å²) in [4.78, 5) is 15.9. The summed E-state index contributed by atoms with van der Waals surface area (Å²) in [5, 5.41) is 4.05. The fourth-order valence-corrected chi connectivity index (χ4v) is 1.79. The molecule has 0 aromatic carbocycles. The molecular weight excluding hydrogens is 226 g/mol. The average molecular weight is 244 g/mol. The summed E-state index contributed by atoms with van der Waals surface area (Å²) < 4.78 is 1.65. The van der Waals surface area contributed by atoms with Gasteiger partial charge in [-0.1, -0.05) is 13.8 Å². The lowest BCUT2D eigenvalue weighted by atomic mass is 9.97. The van der Waals surface area contributed by atoms with E-state index in [0.717, 1.165) is 19.3 Å². The van der Waals surface area contributed by atoms with Crippen LogP contribution in [0.4, 0.5) is 0 Å². The molecule has 1 aromatic rings. The predicted octanol–water partition coefficient (Wildman–Crippen LogP) is 2.45. The van der Waals surface area contributed by atoms with Gasteiger partial charge in [-0.2, -0.15) is 5.10 Å². The van der Waals surface area contributed by atoms with Crippen LogP contribution in [0.25, 0.3) is 0 Å². The quantitative estimate of drug-likeness (QED) is 0.546. The number of ketones is 1. The molecular formula is C11H18ClN3O. The van der Waals surface area contributed by atoms with Crippen LogP contribution in [0, 0.1) is 5.92 Å². The average Bonchev–Trinajstić information content (AvgIpc) is 2.76. The zero-order chi connectivity index (χ0) is 12.0. The third kappa shape index (κ3) is 3.59. The number of Topliss-reactive ketones (excluding diaryl/α,β-unsaturated/α-hetero) is 1. The van der Waals surface area contributed by atoms with Crippen molar-refractivity contribution in [1.82, 2.24) is 14.8 Å². The molecule has 1 atom stereocenters. The molecule has 0 bridgehead atoms. The van der Waals surface area contributed by atoms with Gasteiger partial charge in [-0.15, -0.1) is 11.6 Å². The van der Waals surface area contributed by atoms with E-state index >= 15 is 0 Å². The van der Waals surface area contributed by atoms with E-state index < -0.39 is 0 Å². The molecule has 0 saturated carbocycles. The highest BCUT2D eigenvalue weighted by Crippen LogP contribution is 2.19. The van der Waals surface area contributed by atoms with Crippen molar-refractivity contribution in [1.29, 1.82) is 0 Å². The molecule has 0 fully saturated rings. The standard InChI is InChI=1S/C11H18ClN3O/c1-9(2)11(16)10(5-3-4-6-12)15-8-13-7-14-15/h7-10H,3-6H2,1-2H3. The van der Waals surface area contributed by atoms with Crippen LogP contribution in [0.3, 0.4) is 0 Å². The Morgan fingerprint density at radius 2 is 2.19 bits per heavy atom. The van der Waals surface area contributed by atoms with Crippen LogP contribution in [0.5, 0.6) is 0 Å². The van der Waals surface area contributed by atoms with Gasteiger partial charge in [0.15, 0.2) is 5.78 Å². The smallest absolute Gasteiger partial charge is 0.159 e. The number of halogens is 1. The number of hydrogen-bond acceptors (Lipinski definition) is 3. The minimum atomic E-state index is -0.189. The van der Waals surface area contributed by atoms with Gasteiger partial charge in [-0.05, 0) is 19.3 Å². The second-order valence-electron chi connectivity index (χ2n) is 4.13. The maximum Gasteiger partial charge on any atom is 0.159 e. The van der Waals surface area contributed by atoms with E-state index in [-0.39, 0.29) is 17.7 Å². The normalized spacial score (nSPS) is 13.0. The van der Waals surface area contributed by atoms with Gasteiger partial charge in [-0.3, -0.25) is 4.79 Å². The Hall–Kier alpha value is -0.900. The largest absolute Gasteiger partial charge is 0.297 e. The van der Waals surface area contributed by atoms with Crippen LogP contribution in [0.2, 0.25) is 0 Å². The molecule has 90 valence electrons. The molecule has 16 heavy (non-hydrogen) atoms. The van der Waals surface area contributed by atoms with Crippen LogP contribution in [-0.2, 0) is 4.79 Å². The molecule has 4 nitrogen and oxygen atoms in total. The summed E-state index contributed by atoms with van der Waals surface area (Å²) in [6.45, 7) is 3.82. The second-order valence-corrected chi connectivity index (χ2v) is 4.51. The van der Waals surface area contributed by atoms with Gasteiger partial charge < -0.3 is 0 Å². The zero-order valence-electron chi connectivity index (χ0n) is 9.77. The molecule has 0 aliphatic heterocycles. The van der Waals surface area contributed by atoms with E-state index in [9.17, 15) is 4.79 Å². The van der Waals surface area contributed by atoms with Crippen molar-refractivity contribution in [2.75, 3.05) is 5.88 Å². The SMILES string of the molecule is CC(C)C(=O)C(CCCCCl)n1cncn1. The Morgan fingerprint density at radius 1 is 1.44 bits per heavy atom. The van der Waals surface area contributed by atoms with Crippen LogP contribution >= 0.6 is 11.6 Å². The molecule has 0 amide bonds. The lowest BCUT2D eigenvalue weighted by Gasteiger charge is -2.17. The maximum atomic E-state index is 12.0. The van der Waals surface area contributed by atoms with Gasteiger partial charge in [0, 0.05) is 11.8 Å². The second kappa shape index (κ2) is 6.63. The molecule has 0 spiro atoms. The zero-order valence-corrected chi connectivity index (χ0v) is 10.5. The van der Waals surface area contributed by atoms with Gasteiger partial charge in [0.25, 0.3) is 0 Å². The van der Waals surface area contributed by atoms with Gasteiger partial charge >= 0.3 is 0 Å². The number of rotatable bonds is 7. The topological polar surface area (TPSA) is 47.8 Å². The van der Waals surface area contributed by atoms with Crippen molar-refractivity contribution >= 4 is 17.4 Å². The molecule has 0 aliphatic rings. The summed E-state index contributed by atoms with van der Waals surface area (Å²) in [6, 6.07) is -0.189. The minimum Gasteiger partial charge on any atom is -0.297 e. The van der Waals surface area contributed by atoms with Crippen molar-refractivity contribution in [3.8, 4) is 0 Å². The molecule has 5 heteroatoms. The molecule has 1 unspecified atom stereocenters. The first-order chi connectivity index (χ1) is 7.66. The van der Waals surface area contributed by atoms with Crippen molar-refractivity contribution in [2.24, 2.45) is 5.92 Å². The fourth-order valence-electron chi connectivity index (χ4n) is 1.60. The van der Waals surface area contributed by atoms with Crippen LogP contribution in [0.1, 0.15) is 39.2 Å². The molecule has 0 radical (unpaired) electrons. The first-order valence-electron chi connectivity index (χ1n) is 5.60. The molecule has 0 saturated heterocycles. The molecule has 1 heterocycles. The number of aromatic nitrogens is 3. The molecule has 0 aliphatic carbocycles.